The molecule has 6 aromatic rings. The second-order valence-electron chi connectivity index (χ2n) is 14.1. The van der Waals surface area contributed by atoms with E-state index >= 15 is 0 Å². The highest BCUT2D eigenvalue weighted by molar-refractivity contribution is 7.43. The maximum absolute atomic E-state index is 13.6. The van der Waals surface area contributed by atoms with E-state index in [0.717, 1.165) is 58.4 Å². The normalized spacial score (nSPS) is 15.8. The fraction of sp³-hybridized carbons (Fsp3) is 0.267. The maximum atomic E-state index is 13.6. The Bertz CT molecular complexity index is 2390. The number of ether oxygens (including phenoxy) is 2. The number of rotatable bonds is 13. The lowest BCUT2D eigenvalue weighted by Crippen LogP contribution is -2.16. The van der Waals surface area contributed by atoms with Gasteiger partial charge in [-0.1, -0.05) is 95.1 Å². The average Bonchev–Trinajstić information content (AvgIpc) is 3.21. The minimum absolute atomic E-state index is 0.0345. The van der Waals surface area contributed by atoms with E-state index in [0.29, 0.717) is 56.9 Å². The molecule has 0 aromatic heterocycles. The molecule has 6 aromatic carbocycles. The summed E-state index contributed by atoms with van der Waals surface area (Å²) in [6.07, 6.45) is 3.66. The van der Waals surface area contributed by atoms with Crippen LogP contribution in [0.3, 0.4) is 0 Å². The lowest BCUT2D eigenvalue weighted by Gasteiger charge is -2.29. The first-order valence-corrected chi connectivity index (χ1v) is 21.2. The van der Waals surface area contributed by atoms with Gasteiger partial charge in [0.25, 0.3) is 0 Å². The minimum Gasteiger partial charge on any atom is -0.497 e. The first-order valence-electron chi connectivity index (χ1n) is 19.0. The zero-order chi connectivity index (χ0) is 38.9. The quantitative estimate of drug-likeness (QED) is 0.106. The van der Waals surface area contributed by atoms with Crippen LogP contribution in [0.5, 0.6) is 40.2 Å². The number of hydrogen-bond donors (Lipinski definition) is 0. The summed E-state index contributed by atoms with van der Waals surface area (Å²) >= 11 is 0. The zero-order valence-electron chi connectivity index (χ0n) is 32.3. The Labute approximate surface area is 329 Å². The van der Waals surface area contributed by atoms with Crippen LogP contribution in [0.1, 0.15) is 86.7 Å². The smallest absolute Gasteiger partial charge is 0.497 e. The van der Waals surface area contributed by atoms with E-state index in [1.807, 2.05) is 91.0 Å². The monoisotopic (exact) mass is 790 g/mol. The minimum atomic E-state index is -2.24. The van der Waals surface area contributed by atoms with Gasteiger partial charge in [-0.05, 0) is 77.9 Å². The molecule has 2 aliphatic heterocycles. The highest BCUT2D eigenvalue weighted by Gasteiger charge is 2.37. The molecule has 3 atom stereocenters. The average molecular weight is 791 g/mol. The van der Waals surface area contributed by atoms with Gasteiger partial charge >= 0.3 is 23.2 Å². The van der Waals surface area contributed by atoms with Crippen molar-refractivity contribution in [2.45, 2.75) is 65.2 Å². The molecule has 0 bridgehead atoms. The van der Waals surface area contributed by atoms with Gasteiger partial charge in [0.2, 0.25) is 0 Å². The topological polar surface area (TPSA) is 90.9 Å². The molecule has 0 radical (unpaired) electrons. The summed E-state index contributed by atoms with van der Waals surface area (Å²) in [7, 11) is -0.885. The molecule has 0 spiro atoms. The molecule has 11 heteroatoms. The third-order valence-electron chi connectivity index (χ3n) is 10.4. The summed E-state index contributed by atoms with van der Waals surface area (Å²) in [6, 6.07) is 31.2. The molecule has 2 aliphatic rings. The van der Waals surface area contributed by atoms with Crippen molar-refractivity contribution >= 4 is 44.7 Å². The fourth-order valence-electron chi connectivity index (χ4n) is 7.54. The fourth-order valence-corrected chi connectivity index (χ4v) is 9.67. The number of carbonyl (C=O) groups excluding carboxylic acids is 1. The van der Waals surface area contributed by atoms with Crippen molar-refractivity contribution in [2.24, 2.45) is 0 Å². The van der Waals surface area contributed by atoms with E-state index in [-0.39, 0.29) is 11.8 Å². The molecule has 8 rings (SSSR count). The van der Waals surface area contributed by atoms with E-state index in [1.54, 1.807) is 20.3 Å². The summed E-state index contributed by atoms with van der Waals surface area (Å²) in [4.78, 5) is 13.6. The van der Waals surface area contributed by atoms with Crippen LogP contribution in [-0.2, 0) is 4.52 Å². The van der Waals surface area contributed by atoms with Gasteiger partial charge < -0.3 is 36.6 Å². The highest BCUT2D eigenvalue weighted by Crippen LogP contribution is 2.58. The third kappa shape index (κ3) is 7.15. The Morgan fingerprint density at radius 2 is 1.12 bits per heavy atom. The number of methoxy groups -OCH3 is 2. The van der Waals surface area contributed by atoms with Crippen molar-refractivity contribution in [3.8, 4) is 51.4 Å². The summed E-state index contributed by atoms with van der Waals surface area (Å²) < 4.78 is 51.1. The van der Waals surface area contributed by atoms with Gasteiger partial charge in [-0.3, -0.25) is 0 Å². The number of benzene rings is 6. The van der Waals surface area contributed by atoms with Gasteiger partial charge in [0, 0.05) is 27.6 Å². The van der Waals surface area contributed by atoms with Crippen LogP contribution in [-0.4, -0.2) is 20.2 Å². The van der Waals surface area contributed by atoms with Crippen molar-refractivity contribution in [1.29, 1.82) is 0 Å². The standard InChI is InChI=1S/C45H44O9P2/c1-7-13-27(3)35-23-31(47-5)25-37(43(35)52-55-49-39-19-11-16-30-17-12-20-40(50-55)41(30)39)38-26-32(48-6)24-36(28(4)14-8-2)44(38)53-56-51-42-33-18-10-9-15-29(33)21-22-34(42)45(46)54-56/h9-12,15-28H,7-8,13-14H2,1-6H3. The molecule has 2 heterocycles. The number of fused-ring (bicyclic) bond motifs is 3. The molecule has 0 fully saturated rings. The van der Waals surface area contributed by atoms with Crippen molar-refractivity contribution in [1.82, 2.24) is 0 Å². The molecule has 56 heavy (non-hydrogen) atoms. The largest absolute Gasteiger partial charge is 0.532 e. The van der Waals surface area contributed by atoms with Crippen molar-refractivity contribution in [3.63, 3.8) is 0 Å². The third-order valence-corrected chi connectivity index (χ3v) is 12.4. The molecule has 9 nitrogen and oxygen atoms in total. The van der Waals surface area contributed by atoms with E-state index in [9.17, 15) is 4.79 Å². The maximum Gasteiger partial charge on any atom is 0.532 e. The molecule has 0 saturated heterocycles. The van der Waals surface area contributed by atoms with Crippen LogP contribution in [0.2, 0.25) is 0 Å². The molecular weight excluding hydrogens is 746 g/mol. The Morgan fingerprint density at radius 3 is 1.68 bits per heavy atom. The van der Waals surface area contributed by atoms with Gasteiger partial charge in [-0.25, -0.2) is 4.79 Å². The van der Waals surface area contributed by atoms with Gasteiger partial charge in [0.1, 0.15) is 40.1 Å². The first kappa shape index (κ1) is 37.7. The van der Waals surface area contributed by atoms with E-state index in [2.05, 4.69) is 27.7 Å². The lowest BCUT2D eigenvalue weighted by atomic mass is 9.88. The number of carbonyl (C=O) groups is 1. The van der Waals surface area contributed by atoms with E-state index in [4.69, 9.17) is 36.6 Å². The van der Waals surface area contributed by atoms with Gasteiger partial charge in [-0.2, -0.15) is 0 Å². The second kappa shape index (κ2) is 16.1. The molecule has 0 amide bonds. The van der Waals surface area contributed by atoms with E-state index in [1.165, 1.54) is 0 Å². The molecule has 0 saturated carbocycles. The zero-order valence-corrected chi connectivity index (χ0v) is 34.1. The van der Waals surface area contributed by atoms with E-state index < -0.39 is 23.2 Å². The molecule has 0 N–H and O–H groups in total. The van der Waals surface area contributed by atoms with Crippen molar-refractivity contribution < 1.29 is 41.4 Å². The van der Waals surface area contributed by atoms with Crippen LogP contribution in [0.25, 0.3) is 32.7 Å². The Balaban J connectivity index is 1.29. The highest BCUT2D eigenvalue weighted by atomic mass is 31.2. The summed E-state index contributed by atoms with van der Waals surface area (Å²) in [6.45, 7) is 8.65. The van der Waals surface area contributed by atoms with Crippen LogP contribution in [0, 0.1) is 0 Å². The first-order chi connectivity index (χ1) is 27.3. The van der Waals surface area contributed by atoms with Gasteiger partial charge in [0.05, 0.1) is 19.6 Å². The summed E-state index contributed by atoms with van der Waals surface area (Å²) in [5.41, 5.74) is 3.49. The van der Waals surface area contributed by atoms with Crippen LogP contribution >= 0.6 is 17.2 Å². The number of hydrogen-bond acceptors (Lipinski definition) is 9. The van der Waals surface area contributed by atoms with Crippen molar-refractivity contribution in [2.75, 3.05) is 14.2 Å². The van der Waals surface area contributed by atoms with Crippen molar-refractivity contribution in [3.05, 3.63) is 114 Å². The molecule has 0 aliphatic carbocycles. The Kier molecular flexibility index (Phi) is 10.8. The predicted octanol–water partition coefficient (Wildman–Crippen LogP) is 13.4. The summed E-state index contributed by atoms with van der Waals surface area (Å²) in [5.74, 6) is 3.77. The SMILES string of the molecule is CCCC(C)c1cc(OC)cc(-c2cc(OC)cc(C(C)CCC)c2OP2Oc3cccc4cccc(c34)O2)c1OP1OC(=O)c2ccc3ccccc3c2O1. The van der Waals surface area contributed by atoms with Gasteiger partial charge in [0.15, 0.2) is 5.75 Å². The van der Waals surface area contributed by atoms with Gasteiger partial charge in [-0.15, -0.1) is 0 Å². The molecular formula is C45H44O9P2. The van der Waals surface area contributed by atoms with Crippen LogP contribution < -0.4 is 32.1 Å². The van der Waals surface area contributed by atoms with Crippen LogP contribution in [0.4, 0.5) is 0 Å². The lowest BCUT2D eigenvalue weighted by molar-refractivity contribution is 0.0698. The van der Waals surface area contributed by atoms with Crippen LogP contribution in [0.15, 0.2) is 97.1 Å². The Morgan fingerprint density at radius 1 is 0.589 bits per heavy atom. The predicted molar refractivity (Wildman–Crippen MR) is 222 cm³/mol. The molecule has 3 unspecified atom stereocenters. The Hall–Kier alpha value is -5.23. The molecule has 288 valence electrons. The summed E-state index contributed by atoms with van der Waals surface area (Å²) in [5, 5.41) is 3.67. The second-order valence-corrected chi connectivity index (χ2v) is 16.1.